The van der Waals surface area contributed by atoms with Crippen LogP contribution in [0.2, 0.25) is 0 Å². The number of anilines is 1. The molecule has 0 saturated carbocycles. The van der Waals surface area contributed by atoms with Gasteiger partial charge in [0.05, 0.1) is 0 Å². The maximum Gasteiger partial charge on any atom is 0.229 e. The fraction of sp³-hybridized carbons (Fsp3) is 0.455. The minimum atomic E-state index is 0.105. The number of allylic oxidation sites excluding steroid dienone is 2. The first kappa shape index (κ1) is 10.4. The van der Waals surface area contributed by atoms with Gasteiger partial charge in [-0.1, -0.05) is 12.2 Å². The second kappa shape index (κ2) is 4.57. The number of nitrogens with zero attached hydrogens (tertiary/aromatic N) is 1. The molecule has 1 aromatic heterocycles. The van der Waals surface area contributed by atoms with Crippen LogP contribution in [0.25, 0.3) is 0 Å². The number of rotatable bonds is 2. The molecule has 0 spiro atoms. The quantitative estimate of drug-likeness (QED) is 0.782. The zero-order valence-electron chi connectivity index (χ0n) is 8.69. The Morgan fingerprint density at radius 1 is 1.60 bits per heavy atom. The summed E-state index contributed by atoms with van der Waals surface area (Å²) in [6.45, 7) is 1.98. The summed E-state index contributed by atoms with van der Waals surface area (Å²) in [6, 6.07) is 0. The van der Waals surface area contributed by atoms with Gasteiger partial charge in [-0.05, 0) is 26.2 Å². The molecule has 15 heavy (non-hydrogen) atoms. The SMILES string of the molecule is Cc1cnc(NC(=O)[C@@H]2CC=CCC2)s1. The molecule has 2 rings (SSSR count). The van der Waals surface area contributed by atoms with E-state index in [2.05, 4.69) is 22.5 Å². The predicted molar refractivity (Wildman–Crippen MR) is 62.0 cm³/mol. The van der Waals surface area contributed by atoms with Crippen molar-refractivity contribution < 1.29 is 4.79 Å². The van der Waals surface area contributed by atoms with Crippen LogP contribution in [0.15, 0.2) is 18.3 Å². The van der Waals surface area contributed by atoms with Crippen LogP contribution < -0.4 is 5.32 Å². The molecule has 0 bridgehead atoms. The molecule has 0 saturated heterocycles. The molecule has 80 valence electrons. The Kier molecular flexibility index (Phi) is 3.16. The number of hydrogen-bond donors (Lipinski definition) is 1. The predicted octanol–water partition coefficient (Wildman–Crippen LogP) is 2.75. The van der Waals surface area contributed by atoms with Gasteiger partial charge in [-0.25, -0.2) is 4.98 Å². The van der Waals surface area contributed by atoms with Crippen molar-refractivity contribution in [2.75, 3.05) is 5.32 Å². The molecular weight excluding hydrogens is 208 g/mol. The first-order chi connectivity index (χ1) is 7.25. The Morgan fingerprint density at radius 2 is 2.47 bits per heavy atom. The lowest BCUT2D eigenvalue weighted by molar-refractivity contribution is -0.120. The topological polar surface area (TPSA) is 42.0 Å². The minimum absolute atomic E-state index is 0.105. The molecular formula is C11H14N2OS. The highest BCUT2D eigenvalue weighted by Crippen LogP contribution is 2.22. The van der Waals surface area contributed by atoms with Crippen LogP contribution in [0.4, 0.5) is 5.13 Å². The second-order valence-corrected chi connectivity index (χ2v) is 4.98. The van der Waals surface area contributed by atoms with E-state index in [0.29, 0.717) is 5.13 Å². The van der Waals surface area contributed by atoms with E-state index in [4.69, 9.17) is 0 Å². The molecule has 1 atom stereocenters. The van der Waals surface area contributed by atoms with Gasteiger partial charge in [-0.15, -0.1) is 11.3 Å². The third-order valence-corrected chi connectivity index (χ3v) is 3.32. The molecule has 0 aromatic carbocycles. The van der Waals surface area contributed by atoms with Gasteiger partial charge >= 0.3 is 0 Å². The molecule has 0 unspecified atom stereocenters. The van der Waals surface area contributed by atoms with Gasteiger partial charge in [0.2, 0.25) is 5.91 Å². The Hall–Kier alpha value is -1.16. The van der Waals surface area contributed by atoms with Crippen molar-refractivity contribution >= 4 is 22.4 Å². The van der Waals surface area contributed by atoms with E-state index in [1.807, 2.05) is 6.92 Å². The fourth-order valence-corrected chi connectivity index (χ4v) is 2.32. The lowest BCUT2D eigenvalue weighted by atomic mass is 9.94. The van der Waals surface area contributed by atoms with E-state index in [1.54, 1.807) is 6.20 Å². The number of aromatic nitrogens is 1. The van der Waals surface area contributed by atoms with Crippen molar-refractivity contribution in [3.63, 3.8) is 0 Å². The molecule has 0 fully saturated rings. The Balaban J connectivity index is 1.94. The summed E-state index contributed by atoms with van der Waals surface area (Å²) in [5.74, 6) is 0.230. The van der Waals surface area contributed by atoms with Gasteiger partial charge in [0, 0.05) is 17.0 Å². The van der Waals surface area contributed by atoms with Crippen LogP contribution >= 0.6 is 11.3 Å². The molecule has 1 aromatic rings. The van der Waals surface area contributed by atoms with E-state index in [-0.39, 0.29) is 11.8 Å². The largest absolute Gasteiger partial charge is 0.302 e. The van der Waals surface area contributed by atoms with E-state index in [1.165, 1.54) is 11.3 Å². The Bertz CT molecular complexity index is 384. The summed E-state index contributed by atoms with van der Waals surface area (Å²) >= 11 is 1.52. The number of amides is 1. The Labute approximate surface area is 93.2 Å². The zero-order valence-corrected chi connectivity index (χ0v) is 9.51. The van der Waals surface area contributed by atoms with Crippen molar-refractivity contribution in [3.05, 3.63) is 23.2 Å². The average Bonchev–Trinajstić information content (AvgIpc) is 2.65. The number of nitrogens with one attached hydrogen (secondary N) is 1. The molecule has 4 heteroatoms. The Morgan fingerprint density at radius 3 is 3.07 bits per heavy atom. The lowest BCUT2D eigenvalue weighted by Crippen LogP contribution is -2.23. The highest BCUT2D eigenvalue weighted by atomic mass is 32.1. The van der Waals surface area contributed by atoms with Crippen molar-refractivity contribution in [2.24, 2.45) is 5.92 Å². The lowest BCUT2D eigenvalue weighted by Gasteiger charge is -2.15. The summed E-state index contributed by atoms with van der Waals surface area (Å²) < 4.78 is 0. The molecule has 0 aliphatic heterocycles. The normalized spacial score (nSPS) is 20.2. The smallest absolute Gasteiger partial charge is 0.229 e. The molecule has 1 amide bonds. The standard InChI is InChI=1S/C11H14N2OS/c1-8-7-12-11(15-8)13-10(14)9-5-3-2-4-6-9/h2-3,7,9H,4-6H2,1H3,(H,12,13,14)/t9-/m1/s1. The first-order valence-corrected chi connectivity index (χ1v) is 5.95. The van der Waals surface area contributed by atoms with Gasteiger partial charge in [-0.3, -0.25) is 4.79 Å². The number of carbonyl (C=O) groups is 1. The van der Waals surface area contributed by atoms with Gasteiger partial charge in [-0.2, -0.15) is 0 Å². The van der Waals surface area contributed by atoms with Crippen LogP contribution in [0, 0.1) is 12.8 Å². The van der Waals surface area contributed by atoms with Gasteiger partial charge in [0.25, 0.3) is 0 Å². The molecule has 0 radical (unpaired) electrons. The van der Waals surface area contributed by atoms with E-state index in [0.717, 1.165) is 24.1 Å². The first-order valence-electron chi connectivity index (χ1n) is 5.14. The summed E-state index contributed by atoms with van der Waals surface area (Å²) in [6.07, 6.45) is 8.82. The van der Waals surface area contributed by atoms with Crippen LogP contribution in [0.3, 0.4) is 0 Å². The maximum atomic E-state index is 11.8. The maximum absolute atomic E-state index is 11.8. The average molecular weight is 222 g/mol. The van der Waals surface area contributed by atoms with Crippen molar-refractivity contribution in [3.8, 4) is 0 Å². The minimum Gasteiger partial charge on any atom is -0.302 e. The summed E-state index contributed by atoms with van der Waals surface area (Å²) in [7, 11) is 0. The summed E-state index contributed by atoms with van der Waals surface area (Å²) in [5, 5.41) is 3.58. The van der Waals surface area contributed by atoms with Crippen LogP contribution in [-0.4, -0.2) is 10.9 Å². The third-order valence-electron chi connectivity index (χ3n) is 2.49. The number of carbonyl (C=O) groups excluding carboxylic acids is 1. The molecule has 1 heterocycles. The van der Waals surface area contributed by atoms with E-state index < -0.39 is 0 Å². The van der Waals surface area contributed by atoms with E-state index in [9.17, 15) is 4.79 Å². The van der Waals surface area contributed by atoms with E-state index >= 15 is 0 Å². The van der Waals surface area contributed by atoms with Gasteiger partial charge < -0.3 is 5.32 Å². The summed E-state index contributed by atoms with van der Waals surface area (Å²) in [4.78, 5) is 17.0. The number of thiazole rings is 1. The van der Waals surface area contributed by atoms with Crippen LogP contribution in [0.1, 0.15) is 24.1 Å². The van der Waals surface area contributed by atoms with Crippen LogP contribution in [0.5, 0.6) is 0 Å². The number of aryl methyl sites for hydroxylation is 1. The van der Waals surface area contributed by atoms with Crippen molar-refractivity contribution in [1.29, 1.82) is 0 Å². The van der Waals surface area contributed by atoms with Gasteiger partial charge in [0.1, 0.15) is 0 Å². The zero-order chi connectivity index (χ0) is 10.7. The summed E-state index contributed by atoms with van der Waals surface area (Å²) in [5.41, 5.74) is 0. The fourth-order valence-electron chi connectivity index (χ4n) is 1.65. The molecule has 1 N–H and O–H groups in total. The third kappa shape index (κ3) is 2.65. The van der Waals surface area contributed by atoms with Crippen LogP contribution in [-0.2, 0) is 4.79 Å². The van der Waals surface area contributed by atoms with Crippen molar-refractivity contribution in [1.82, 2.24) is 4.98 Å². The highest BCUT2D eigenvalue weighted by molar-refractivity contribution is 7.15. The highest BCUT2D eigenvalue weighted by Gasteiger charge is 2.19. The molecule has 3 nitrogen and oxygen atoms in total. The second-order valence-electron chi connectivity index (χ2n) is 3.75. The molecule has 1 aliphatic carbocycles. The van der Waals surface area contributed by atoms with Gasteiger partial charge in [0.15, 0.2) is 5.13 Å². The number of hydrogen-bond acceptors (Lipinski definition) is 3. The van der Waals surface area contributed by atoms with Crippen molar-refractivity contribution in [2.45, 2.75) is 26.2 Å². The molecule has 1 aliphatic rings. The monoisotopic (exact) mass is 222 g/mol.